The Bertz CT molecular complexity index is 1080. The van der Waals surface area contributed by atoms with Crippen molar-refractivity contribution in [1.82, 2.24) is 19.7 Å². The Hall–Kier alpha value is -3.08. The van der Waals surface area contributed by atoms with E-state index in [0.29, 0.717) is 18.3 Å². The van der Waals surface area contributed by atoms with Crippen LogP contribution in [0.3, 0.4) is 0 Å². The molecule has 34 heavy (non-hydrogen) atoms. The van der Waals surface area contributed by atoms with Crippen LogP contribution in [0.2, 0.25) is 0 Å². The summed E-state index contributed by atoms with van der Waals surface area (Å²) in [6.07, 6.45) is 6.25. The Balaban J connectivity index is 1.35. The highest BCUT2D eigenvalue weighted by Crippen LogP contribution is 2.35. The van der Waals surface area contributed by atoms with Gasteiger partial charge in [-0.1, -0.05) is 6.92 Å². The Kier molecular flexibility index (Phi) is 6.20. The largest absolute Gasteiger partial charge is 0.404 e. The molecule has 2 atom stereocenters. The van der Waals surface area contributed by atoms with Crippen LogP contribution in [0.4, 0.5) is 20.3 Å². The van der Waals surface area contributed by atoms with Crippen molar-refractivity contribution in [3.8, 4) is 0 Å². The highest BCUT2D eigenvalue weighted by atomic mass is 19.3. The summed E-state index contributed by atoms with van der Waals surface area (Å²) in [5, 5.41) is 6.67. The summed E-state index contributed by atoms with van der Waals surface area (Å²) in [4.78, 5) is 23.9. The van der Waals surface area contributed by atoms with Crippen LogP contribution in [0.1, 0.15) is 63.0 Å². The molecule has 1 amide bonds. The van der Waals surface area contributed by atoms with Crippen LogP contribution in [-0.4, -0.2) is 51.0 Å². The summed E-state index contributed by atoms with van der Waals surface area (Å²) >= 11 is 0. The van der Waals surface area contributed by atoms with E-state index in [0.717, 1.165) is 44.8 Å². The van der Waals surface area contributed by atoms with Gasteiger partial charge in [-0.25, -0.2) is 18.7 Å². The second kappa shape index (κ2) is 9.28. The number of nitrogens with one attached hydrogen (secondary N) is 1. The van der Waals surface area contributed by atoms with E-state index in [2.05, 4.69) is 32.2 Å². The number of fused-ring (bicyclic) bond motifs is 2. The van der Waals surface area contributed by atoms with E-state index < -0.39 is 18.0 Å². The number of anilines is 2. The van der Waals surface area contributed by atoms with Gasteiger partial charge in [0.2, 0.25) is 0 Å². The number of nitrogens with zero attached hydrogens (tertiary/aromatic N) is 5. The predicted octanol–water partition coefficient (Wildman–Crippen LogP) is 3.28. The zero-order valence-electron chi connectivity index (χ0n) is 19.0. The van der Waals surface area contributed by atoms with Crippen molar-refractivity contribution >= 4 is 23.0 Å². The maximum absolute atomic E-state index is 13.7. The number of nitrogens with two attached hydrogens (primary N) is 1. The van der Waals surface area contributed by atoms with Crippen LogP contribution in [0.15, 0.2) is 24.7 Å². The number of hydrogen-bond acceptors (Lipinski definition) is 7. The highest BCUT2D eigenvalue weighted by molar-refractivity contribution is 6.24. The van der Waals surface area contributed by atoms with Crippen LogP contribution < -0.4 is 16.0 Å². The topological polar surface area (TPSA) is 111 Å². The van der Waals surface area contributed by atoms with Crippen molar-refractivity contribution in [3.05, 3.63) is 36.2 Å². The average Bonchev–Trinajstić information content (AvgIpc) is 3.56. The van der Waals surface area contributed by atoms with Gasteiger partial charge in [0.05, 0.1) is 36.1 Å². The molecule has 3 aliphatic rings. The number of hydrogen-bond donors (Lipinski definition) is 2. The van der Waals surface area contributed by atoms with Crippen molar-refractivity contribution in [2.45, 2.75) is 63.6 Å². The molecule has 2 aliphatic heterocycles. The number of alkyl halides is 2. The molecule has 0 aromatic carbocycles. The van der Waals surface area contributed by atoms with Gasteiger partial charge in [-0.15, -0.1) is 0 Å². The molecule has 2 bridgehead atoms. The van der Waals surface area contributed by atoms with Gasteiger partial charge >= 0.3 is 0 Å². The number of amides is 1. The third-order valence-electron chi connectivity index (χ3n) is 7.06. The summed E-state index contributed by atoms with van der Waals surface area (Å²) in [7, 11) is 0. The molecule has 0 radical (unpaired) electrons. The Morgan fingerprint density at radius 1 is 1.29 bits per heavy atom. The lowest BCUT2D eigenvalue weighted by Gasteiger charge is -2.27. The van der Waals surface area contributed by atoms with E-state index in [1.54, 1.807) is 16.9 Å². The predicted molar refractivity (Wildman–Crippen MR) is 122 cm³/mol. The van der Waals surface area contributed by atoms with Gasteiger partial charge in [-0.2, -0.15) is 5.10 Å². The van der Waals surface area contributed by atoms with Gasteiger partial charge in [0, 0.05) is 25.1 Å². The van der Waals surface area contributed by atoms with Gasteiger partial charge in [0.1, 0.15) is 5.82 Å². The van der Waals surface area contributed by atoms with Crippen LogP contribution in [0.25, 0.3) is 5.57 Å². The van der Waals surface area contributed by atoms with Crippen molar-refractivity contribution in [2.24, 2.45) is 11.7 Å². The van der Waals surface area contributed by atoms with E-state index in [9.17, 15) is 13.6 Å². The van der Waals surface area contributed by atoms with Gasteiger partial charge in [0.25, 0.3) is 12.3 Å². The minimum absolute atomic E-state index is 0.00177. The van der Waals surface area contributed by atoms with Crippen molar-refractivity contribution in [1.29, 1.82) is 0 Å². The zero-order valence-corrected chi connectivity index (χ0v) is 19.0. The Labute approximate surface area is 196 Å². The number of aromatic nitrogens is 4. The molecular formula is C23H29F2N7O2. The maximum Gasteiger partial charge on any atom is 0.284 e. The molecule has 3 fully saturated rings. The molecule has 0 unspecified atom stereocenters. The summed E-state index contributed by atoms with van der Waals surface area (Å²) in [6.45, 7) is 3.56. The monoisotopic (exact) mass is 473 g/mol. The smallest absolute Gasteiger partial charge is 0.284 e. The lowest BCUT2D eigenvalue weighted by atomic mass is 9.87. The third-order valence-corrected chi connectivity index (χ3v) is 7.06. The first-order valence-electron chi connectivity index (χ1n) is 11.7. The van der Waals surface area contributed by atoms with Crippen LogP contribution >= 0.6 is 0 Å². The van der Waals surface area contributed by atoms with E-state index in [-0.39, 0.29) is 35.3 Å². The van der Waals surface area contributed by atoms with Gasteiger partial charge in [-0.3, -0.25) is 9.48 Å². The van der Waals surface area contributed by atoms with Crippen molar-refractivity contribution in [3.63, 3.8) is 0 Å². The molecule has 5 rings (SSSR count). The molecule has 2 saturated heterocycles. The number of halogens is 2. The van der Waals surface area contributed by atoms with E-state index >= 15 is 0 Å². The second-order valence-corrected chi connectivity index (χ2v) is 9.39. The van der Waals surface area contributed by atoms with E-state index in [1.165, 1.54) is 6.20 Å². The standard InChI is InChI=1S/C23H29F2N7O2/c1-13-2-4-14(5-3-13)32-11-18(20(30-32)21(24)25)28-23(33)17(9-26)22-27-7-6-19(29-22)31-10-16-8-15(31)12-34-16/h6-7,9,11,13-16,21H,2-5,8,10,12,26H2,1H3,(H,28,33)/t13?,14?,15-,16-/m1/s1. The van der Waals surface area contributed by atoms with E-state index in [1.807, 2.05) is 0 Å². The first kappa shape index (κ1) is 22.7. The first-order valence-corrected chi connectivity index (χ1v) is 11.7. The lowest BCUT2D eigenvalue weighted by Crippen LogP contribution is -2.37. The number of morpholine rings is 1. The lowest BCUT2D eigenvalue weighted by molar-refractivity contribution is -0.111. The average molecular weight is 474 g/mol. The molecule has 4 heterocycles. The minimum atomic E-state index is -2.82. The fourth-order valence-electron chi connectivity index (χ4n) is 5.12. The molecule has 2 aromatic heterocycles. The summed E-state index contributed by atoms with van der Waals surface area (Å²) in [5.41, 5.74) is 5.28. The third kappa shape index (κ3) is 4.36. The number of rotatable bonds is 6. The highest BCUT2D eigenvalue weighted by Gasteiger charge is 2.39. The van der Waals surface area contributed by atoms with Gasteiger partial charge < -0.3 is 20.7 Å². The normalized spacial score (nSPS) is 26.9. The summed E-state index contributed by atoms with van der Waals surface area (Å²) < 4.78 is 34.6. The van der Waals surface area contributed by atoms with Crippen molar-refractivity contribution in [2.75, 3.05) is 23.4 Å². The number of carbonyl (C=O) groups is 1. The number of carbonyl (C=O) groups excluding carboxylic acids is 1. The molecule has 3 N–H and O–H groups in total. The van der Waals surface area contributed by atoms with Gasteiger partial charge in [-0.05, 0) is 44.1 Å². The molecule has 1 aliphatic carbocycles. The fourth-order valence-corrected chi connectivity index (χ4v) is 5.12. The zero-order chi connectivity index (χ0) is 23.8. The molecule has 9 nitrogen and oxygen atoms in total. The minimum Gasteiger partial charge on any atom is -0.404 e. The fraction of sp³-hybridized carbons (Fsp3) is 0.565. The van der Waals surface area contributed by atoms with Crippen molar-refractivity contribution < 1.29 is 18.3 Å². The quantitative estimate of drug-likeness (QED) is 0.620. The van der Waals surface area contributed by atoms with E-state index in [4.69, 9.17) is 10.5 Å². The summed E-state index contributed by atoms with van der Waals surface area (Å²) in [5.74, 6) is 0.774. The first-order chi connectivity index (χ1) is 16.4. The Morgan fingerprint density at radius 2 is 2.09 bits per heavy atom. The molecule has 0 spiro atoms. The molecular weight excluding hydrogens is 444 g/mol. The van der Waals surface area contributed by atoms with Crippen LogP contribution in [-0.2, 0) is 9.53 Å². The van der Waals surface area contributed by atoms with Crippen LogP contribution in [0, 0.1) is 5.92 Å². The van der Waals surface area contributed by atoms with Gasteiger partial charge in [0.15, 0.2) is 11.5 Å². The molecule has 182 valence electrons. The molecule has 1 saturated carbocycles. The summed E-state index contributed by atoms with van der Waals surface area (Å²) in [6, 6.07) is 2.07. The van der Waals surface area contributed by atoms with Crippen LogP contribution in [0.5, 0.6) is 0 Å². The SMILES string of the molecule is CC1CCC(n2cc(NC(=O)C(=CN)c3nccc(N4C[C@H]5C[C@@H]4CO5)n3)c(C(F)F)n2)CC1. The number of ether oxygens (including phenoxy) is 1. The Morgan fingerprint density at radius 3 is 2.74 bits per heavy atom. The second-order valence-electron chi connectivity index (χ2n) is 9.39. The molecule has 11 heteroatoms. The molecule has 2 aromatic rings. The maximum atomic E-state index is 13.7.